The Kier molecular flexibility index (Phi) is 7.16. The summed E-state index contributed by atoms with van der Waals surface area (Å²) in [5.74, 6) is 0.802. The van der Waals surface area contributed by atoms with Crippen LogP contribution in [0.4, 0.5) is 10.5 Å². The van der Waals surface area contributed by atoms with Crippen LogP contribution in [0.1, 0.15) is 19.3 Å². The first-order chi connectivity index (χ1) is 11.1. The number of anilines is 1. The van der Waals surface area contributed by atoms with Crippen LogP contribution >= 0.6 is 0 Å². The fourth-order valence-electron chi connectivity index (χ4n) is 2.37. The molecule has 1 saturated heterocycles. The average molecular weight is 321 g/mol. The molecule has 0 radical (unpaired) electrons. The molecule has 0 saturated carbocycles. The number of carbonyl (C=O) groups excluding carboxylic acids is 1. The fraction of sp³-hybridized carbons (Fsp3) is 0.588. The first kappa shape index (κ1) is 17.6. The maximum absolute atomic E-state index is 11.8. The highest BCUT2D eigenvalue weighted by molar-refractivity contribution is 5.89. The maximum atomic E-state index is 11.8. The van der Waals surface area contributed by atoms with Gasteiger partial charge in [-0.1, -0.05) is 0 Å². The van der Waals surface area contributed by atoms with Crippen molar-refractivity contribution >= 4 is 11.7 Å². The minimum Gasteiger partial charge on any atom is -0.492 e. The number of hydrogen-bond acceptors (Lipinski definition) is 4. The van der Waals surface area contributed by atoms with E-state index in [1.165, 1.54) is 0 Å². The van der Waals surface area contributed by atoms with Crippen LogP contribution in [0.3, 0.4) is 0 Å². The van der Waals surface area contributed by atoms with Crippen molar-refractivity contribution in [3.05, 3.63) is 24.3 Å². The summed E-state index contributed by atoms with van der Waals surface area (Å²) in [5.41, 5.74) is 0.750. The van der Waals surface area contributed by atoms with Gasteiger partial charge in [0.15, 0.2) is 0 Å². The molecule has 6 nitrogen and oxygen atoms in total. The summed E-state index contributed by atoms with van der Waals surface area (Å²) in [6.45, 7) is 2.98. The topological polar surface area (TPSA) is 62.8 Å². The van der Waals surface area contributed by atoms with Gasteiger partial charge in [0.1, 0.15) is 12.4 Å². The lowest BCUT2D eigenvalue weighted by atomic mass is 10.2. The molecule has 2 rings (SSSR count). The highest BCUT2D eigenvalue weighted by atomic mass is 16.5. The van der Waals surface area contributed by atoms with Crippen molar-refractivity contribution in [2.75, 3.05) is 45.7 Å². The summed E-state index contributed by atoms with van der Waals surface area (Å²) in [6.07, 6.45) is 3.39. The van der Waals surface area contributed by atoms with Crippen molar-refractivity contribution in [1.29, 1.82) is 0 Å². The predicted octanol–water partition coefficient (Wildman–Crippen LogP) is 2.32. The van der Waals surface area contributed by atoms with Gasteiger partial charge in [-0.25, -0.2) is 4.79 Å². The van der Waals surface area contributed by atoms with E-state index in [4.69, 9.17) is 9.47 Å². The minimum absolute atomic E-state index is 0.190. The Morgan fingerprint density at radius 3 is 2.78 bits per heavy atom. The van der Waals surface area contributed by atoms with Crippen molar-refractivity contribution < 1.29 is 14.3 Å². The Morgan fingerprint density at radius 1 is 1.35 bits per heavy atom. The van der Waals surface area contributed by atoms with E-state index in [1.54, 1.807) is 0 Å². The van der Waals surface area contributed by atoms with Crippen molar-refractivity contribution in [1.82, 2.24) is 10.2 Å². The number of rotatable bonds is 8. The molecule has 2 amide bonds. The average Bonchev–Trinajstić information content (AvgIpc) is 3.02. The highest BCUT2D eigenvalue weighted by Gasteiger charge is 2.15. The van der Waals surface area contributed by atoms with Crippen LogP contribution < -0.4 is 15.4 Å². The number of nitrogens with one attached hydrogen (secondary N) is 2. The molecular weight excluding hydrogens is 294 g/mol. The second-order valence-corrected chi connectivity index (χ2v) is 5.98. The molecule has 1 atom stereocenters. The Bertz CT molecular complexity index is 470. The van der Waals surface area contributed by atoms with Gasteiger partial charge in [0.25, 0.3) is 0 Å². The maximum Gasteiger partial charge on any atom is 0.319 e. The number of likely N-dealkylation sites (N-methyl/N-ethyl adjacent to an activating group) is 1. The third-order valence-corrected chi connectivity index (χ3v) is 3.70. The zero-order chi connectivity index (χ0) is 16.5. The Labute approximate surface area is 138 Å². The molecule has 2 N–H and O–H groups in total. The van der Waals surface area contributed by atoms with Gasteiger partial charge in [0.05, 0.1) is 6.10 Å². The molecule has 0 spiro atoms. The van der Waals surface area contributed by atoms with E-state index in [0.29, 0.717) is 19.3 Å². The molecule has 1 aromatic carbocycles. The van der Waals surface area contributed by atoms with Crippen molar-refractivity contribution in [3.63, 3.8) is 0 Å². The molecular formula is C17H27N3O3. The largest absolute Gasteiger partial charge is 0.492 e. The highest BCUT2D eigenvalue weighted by Crippen LogP contribution is 2.16. The van der Waals surface area contributed by atoms with Crippen LogP contribution in [0.5, 0.6) is 5.75 Å². The van der Waals surface area contributed by atoms with E-state index < -0.39 is 0 Å². The zero-order valence-electron chi connectivity index (χ0n) is 14.0. The molecule has 0 aromatic heterocycles. The Balaban J connectivity index is 1.64. The van der Waals surface area contributed by atoms with E-state index in [0.717, 1.165) is 43.9 Å². The lowest BCUT2D eigenvalue weighted by Gasteiger charge is -2.12. The zero-order valence-corrected chi connectivity index (χ0v) is 14.0. The smallest absolute Gasteiger partial charge is 0.319 e. The first-order valence-electron chi connectivity index (χ1n) is 8.17. The number of carbonyl (C=O) groups is 1. The normalized spacial score (nSPS) is 17.3. The summed E-state index contributed by atoms with van der Waals surface area (Å²) in [7, 11) is 4.02. The molecule has 23 heavy (non-hydrogen) atoms. The lowest BCUT2D eigenvalue weighted by Crippen LogP contribution is -2.31. The summed E-state index contributed by atoms with van der Waals surface area (Å²) in [5, 5.41) is 5.67. The van der Waals surface area contributed by atoms with E-state index in [-0.39, 0.29) is 6.03 Å². The number of ether oxygens (including phenoxy) is 2. The van der Waals surface area contributed by atoms with E-state index in [9.17, 15) is 4.79 Å². The molecule has 1 aliphatic heterocycles. The van der Waals surface area contributed by atoms with Gasteiger partial charge >= 0.3 is 6.03 Å². The Hall–Kier alpha value is -1.79. The van der Waals surface area contributed by atoms with Crippen LogP contribution in [0.2, 0.25) is 0 Å². The van der Waals surface area contributed by atoms with Crippen molar-refractivity contribution in [3.8, 4) is 5.75 Å². The number of nitrogens with zero attached hydrogens (tertiary/aromatic N) is 1. The third kappa shape index (κ3) is 6.88. The van der Waals surface area contributed by atoms with Crippen molar-refractivity contribution in [2.45, 2.75) is 25.4 Å². The van der Waals surface area contributed by atoms with Gasteiger partial charge < -0.3 is 25.0 Å². The van der Waals surface area contributed by atoms with Gasteiger partial charge in [-0.2, -0.15) is 0 Å². The van der Waals surface area contributed by atoms with Crippen LogP contribution in [-0.2, 0) is 4.74 Å². The van der Waals surface area contributed by atoms with Gasteiger partial charge in [0.2, 0.25) is 0 Å². The molecule has 1 heterocycles. The SMILES string of the molecule is CN(C)CCOc1ccc(NC(=O)NCCC2CCCO2)cc1. The quantitative estimate of drug-likeness (QED) is 0.771. The minimum atomic E-state index is -0.190. The molecule has 6 heteroatoms. The lowest BCUT2D eigenvalue weighted by molar-refractivity contribution is 0.105. The molecule has 1 aliphatic rings. The molecule has 128 valence electrons. The molecule has 1 unspecified atom stereocenters. The van der Waals surface area contributed by atoms with Crippen LogP contribution in [-0.4, -0.2) is 57.4 Å². The van der Waals surface area contributed by atoms with Crippen LogP contribution in [0.15, 0.2) is 24.3 Å². The van der Waals surface area contributed by atoms with E-state index >= 15 is 0 Å². The standard InChI is InChI=1S/C17H27N3O3/c1-20(2)11-13-23-16-7-5-14(6-8-16)19-17(21)18-10-9-15-4-3-12-22-15/h5-8,15H,3-4,9-13H2,1-2H3,(H2,18,19,21). The predicted molar refractivity (Wildman–Crippen MR) is 91.1 cm³/mol. The monoisotopic (exact) mass is 321 g/mol. The van der Waals surface area contributed by atoms with Crippen molar-refractivity contribution in [2.24, 2.45) is 0 Å². The molecule has 1 aromatic rings. The summed E-state index contributed by atoms with van der Waals surface area (Å²) in [6, 6.07) is 7.20. The van der Waals surface area contributed by atoms with Crippen LogP contribution in [0.25, 0.3) is 0 Å². The van der Waals surface area contributed by atoms with Gasteiger partial charge in [-0.15, -0.1) is 0 Å². The number of benzene rings is 1. The summed E-state index contributed by atoms with van der Waals surface area (Å²) < 4.78 is 11.1. The second-order valence-electron chi connectivity index (χ2n) is 5.98. The van der Waals surface area contributed by atoms with Gasteiger partial charge in [0, 0.05) is 25.4 Å². The summed E-state index contributed by atoms with van der Waals surface area (Å²) in [4.78, 5) is 13.9. The fourth-order valence-corrected chi connectivity index (χ4v) is 2.37. The number of hydrogen-bond donors (Lipinski definition) is 2. The molecule has 0 aliphatic carbocycles. The van der Waals surface area contributed by atoms with E-state index in [2.05, 4.69) is 15.5 Å². The van der Waals surface area contributed by atoms with Gasteiger partial charge in [-0.05, 0) is 57.6 Å². The second kappa shape index (κ2) is 9.37. The third-order valence-electron chi connectivity index (χ3n) is 3.70. The number of amides is 2. The van der Waals surface area contributed by atoms with Gasteiger partial charge in [-0.3, -0.25) is 0 Å². The molecule has 1 fully saturated rings. The molecule has 0 bridgehead atoms. The summed E-state index contributed by atoms with van der Waals surface area (Å²) >= 11 is 0. The van der Waals surface area contributed by atoms with E-state index in [1.807, 2.05) is 38.4 Å². The van der Waals surface area contributed by atoms with Crippen LogP contribution in [0, 0.1) is 0 Å². The Morgan fingerprint density at radius 2 is 2.13 bits per heavy atom. The number of urea groups is 1. The first-order valence-corrected chi connectivity index (χ1v) is 8.17.